The molecule has 2 amide bonds. The number of imide groups is 1. The highest BCUT2D eigenvalue weighted by Gasteiger charge is 2.65. The summed E-state index contributed by atoms with van der Waals surface area (Å²) in [6.45, 7) is 0. The van der Waals surface area contributed by atoms with Crippen molar-refractivity contribution in [2.24, 2.45) is 16.9 Å². The van der Waals surface area contributed by atoms with E-state index in [1.807, 2.05) is 24.3 Å². The summed E-state index contributed by atoms with van der Waals surface area (Å²) in [4.78, 5) is 42.2. The number of hydrazone groups is 1. The topological polar surface area (TPSA) is 79.3 Å². The minimum absolute atomic E-state index is 0.105. The van der Waals surface area contributed by atoms with Gasteiger partial charge < -0.3 is 4.74 Å². The Morgan fingerprint density at radius 1 is 0.914 bits per heavy atom. The van der Waals surface area contributed by atoms with Gasteiger partial charge in [-0.3, -0.25) is 19.4 Å². The molecule has 0 N–H and O–H groups in total. The molecular weight excluding hydrogens is 449 g/mol. The fourth-order valence-electron chi connectivity index (χ4n) is 5.47. The lowest BCUT2D eigenvalue weighted by Crippen LogP contribution is -2.44. The van der Waals surface area contributed by atoms with Crippen LogP contribution >= 0.6 is 0 Å². The van der Waals surface area contributed by atoms with Crippen LogP contribution in [0.2, 0.25) is 0 Å². The molecule has 6 rings (SSSR count). The van der Waals surface area contributed by atoms with E-state index in [1.54, 1.807) is 41.6 Å². The fourth-order valence-corrected chi connectivity index (χ4v) is 5.47. The smallest absolute Gasteiger partial charge is 0.240 e. The van der Waals surface area contributed by atoms with E-state index in [0.717, 1.165) is 16.0 Å². The van der Waals surface area contributed by atoms with Crippen molar-refractivity contribution in [3.05, 3.63) is 95.3 Å². The minimum atomic E-state index is -1.02. The summed E-state index contributed by atoms with van der Waals surface area (Å²) in [5.74, 6) is -3.44. The Kier molecular flexibility index (Phi) is 4.77. The number of fused-ring (bicyclic) bond motifs is 5. The van der Waals surface area contributed by atoms with Gasteiger partial charge in [-0.1, -0.05) is 36.4 Å². The third kappa shape index (κ3) is 3.02. The first kappa shape index (κ1) is 21.2. The number of benzene rings is 3. The molecule has 2 fully saturated rings. The average Bonchev–Trinajstić information content (AvgIpc) is 3.36. The van der Waals surface area contributed by atoms with Crippen LogP contribution in [-0.4, -0.2) is 42.0 Å². The van der Waals surface area contributed by atoms with Gasteiger partial charge in [-0.25, -0.2) is 9.29 Å². The standard InChI is InChI=1S/C27H20FN3O4/c1-35-17-12-10-15(11-13-17)25(32)24-22-21(23-18-7-3-2-6-16(18)14-29-31(23)24)26(33)30(27(22)34)20-9-5-4-8-19(20)28/h2-14,21-24H,1H3/t21-,22+,23+,24-/m1/s1. The molecule has 4 atom stereocenters. The van der Waals surface area contributed by atoms with Gasteiger partial charge in [0, 0.05) is 5.56 Å². The Hall–Kier alpha value is -4.33. The molecule has 0 spiro atoms. The molecule has 0 saturated carbocycles. The molecule has 0 aromatic heterocycles. The third-order valence-electron chi connectivity index (χ3n) is 7.03. The van der Waals surface area contributed by atoms with Crippen LogP contribution in [0, 0.1) is 17.7 Å². The van der Waals surface area contributed by atoms with Gasteiger partial charge in [0.1, 0.15) is 17.6 Å². The zero-order valence-electron chi connectivity index (χ0n) is 18.7. The number of rotatable bonds is 4. The summed E-state index contributed by atoms with van der Waals surface area (Å²) in [5.41, 5.74) is 1.88. The molecule has 3 aliphatic rings. The van der Waals surface area contributed by atoms with E-state index in [4.69, 9.17) is 4.74 Å². The largest absolute Gasteiger partial charge is 0.497 e. The lowest BCUT2D eigenvalue weighted by Gasteiger charge is -2.33. The van der Waals surface area contributed by atoms with Crippen LogP contribution < -0.4 is 9.64 Å². The molecule has 3 aromatic carbocycles. The molecule has 8 heteroatoms. The van der Waals surface area contributed by atoms with Gasteiger partial charge in [-0.05, 0) is 47.5 Å². The maximum absolute atomic E-state index is 14.7. The highest BCUT2D eigenvalue weighted by Crippen LogP contribution is 2.53. The maximum Gasteiger partial charge on any atom is 0.240 e. The number of Topliss-reactive ketones (excluding diaryl/α,β-unsaturated/α-hetero) is 1. The van der Waals surface area contributed by atoms with E-state index in [2.05, 4.69) is 5.10 Å². The molecule has 3 heterocycles. The molecule has 0 bridgehead atoms. The highest BCUT2D eigenvalue weighted by molar-refractivity contribution is 6.24. The second kappa shape index (κ2) is 7.87. The monoisotopic (exact) mass is 469 g/mol. The second-order valence-electron chi connectivity index (χ2n) is 8.75. The lowest BCUT2D eigenvalue weighted by molar-refractivity contribution is -0.124. The van der Waals surface area contributed by atoms with Gasteiger partial charge >= 0.3 is 0 Å². The molecule has 3 aromatic rings. The van der Waals surface area contributed by atoms with E-state index in [-0.39, 0.29) is 11.5 Å². The van der Waals surface area contributed by atoms with Crippen molar-refractivity contribution in [1.29, 1.82) is 0 Å². The van der Waals surface area contributed by atoms with Crippen molar-refractivity contribution in [2.75, 3.05) is 12.0 Å². The Morgan fingerprint density at radius 3 is 2.34 bits per heavy atom. The summed E-state index contributed by atoms with van der Waals surface area (Å²) < 4.78 is 19.9. The Labute approximate surface area is 200 Å². The first-order valence-electron chi connectivity index (χ1n) is 11.2. The number of ether oxygens (including phenoxy) is 1. The number of methoxy groups -OCH3 is 1. The van der Waals surface area contributed by atoms with Crippen molar-refractivity contribution in [2.45, 2.75) is 12.1 Å². The first-order valence-corrected chi connectivity index (χ1v) is 11.2. The fraction of sp³-hybridized carbons (Fsp3) is 0.185. The minimum Gasteiger partial charge on any atom is -0.497 e. The summed E-state index contributed by atoms with van der Waals surface area (Å²) in [7, 11) is 1.53. The molecule has 2 saturated heterocycles. The van der Waals surface area contributed by atoms with Crippen LogP contribution in [0.15, 0.2) is 77.9 Å². The average molecular weight is 469 g/mol. The molecule has 174 valence electrons. The van der Waals surface area contributed by atoms with E-state index in [1.165, 1.54) is 25.3 Å². The Morgan fingerprint density at radius 2 is 1.60 bits per heavy atom. The predicted molar refractivity (Wildman–Crippen MR) is 126 cm³/mol. The molecule has 0 radical (unpaired) electrons. The number of carbonyl (C=O) groups excluding carboxylic acids is 3. The SMILES string of the molecule is COc1ccc(C(=O)[C@H]2[C@H]3C(=O)N(c4ccccc4F)C(=O)[C@H]3[C@@H]3c4ccccc4C=NN23)cc1. The Bertz CT molecular complexity index is 1400. The van der Waals surface area contributed by atoms with Crippen LogP contribution in [0.4, 0.5) is 10.1 Å². The summed E-state index contributed by atoms with van der Waals surface area (Å²) in [5, 5.41) is 6.11. The normalized spacial score (nSPS) is 24.3. The van der Waals surface area contributed by atoms with Gasteiger partial charge in [0.2, 0.25) is 11.8 Å². The molecule has 35 heavy (non-hydrogen) atoms. The van der Waals surface area contributed by atoms with Crippen LogP contribution in [0.1, 0.15) is 27.5 Å². The zero-order chi connectivity index (χ0) is 24.3. The highest BCUT2D eigenvalue weighted by atomic mass is 19.1. The summed E-state index contributed by atoms with van der Waals surface area (Å²) >= 11 is 0. The van der Waals surface area contributed by atoms with E-state index in [9.17, 15) is 18.8 Å². The molecular formula is C27H20FN3O4. The molecule has 0 aliphatic carbocycles. The van der Waals surface area contributed by atoms with Crippen LogP contribution in [-0.2, 0) is 9.59 Å². The number of halogens is 1. The van der Waals surface area contributed by atoms with Crippen LogP contribution in [0.5, 0.6) is 5.75 Å². The molecule has 3 aliphatic heterocycles. The van der Waals surface area contributed by atoms with E-state index < -0.39 is 41.6 Å². The van der Waals surface area contributed by atoms with Crippen molar-refractivity contribution in [1.82, 2.24) is 5.01 Å². The number of carbonyl (C=O) groups is 3. The molecule has 7 nitrogen and oxygen atoms in total. The number of hydrogen-bond acceptors (Lipinski definition) is 6. The maximum atomic E-state index is 14.7. The zero-order valence-corrected chi connectivity index (χ0v) is 18.7. The summed E-state index contributed by atoms with van der Waals surface area (Å²) in [6.07, 6.45) is 1.64. The lowest BCUT2D eigenvalue weighted by atomic mass is 9.83. The molecule has 0 unspecified atom stereocenters. The van der Waals surface area contributed by atoms with Crippen LogP contribution in [0.25, 0.3) is 0 Å². The number of hydrogen-bond donors (Lipinski definition) is 0. The van der Waals surface area contributed by atoms with Gasteiger partial charge in [0.05, 0.1) is 36.9 Å². The number of nitrogens with zero attached hydrogens (tertiary/aromatic N) is 3. The van der Waals surface area contributed by atoms with Gasteiger partial charge in [0.25, 0.3) is 0 Å². The predicted octanol–water partition coefficient (Wildman–Crippen LogP) is 3.60. The third-order valence-corrected chi connectivity index (χ3v) is 7.03. The second-order valence-corrected chi connectivity index (χ2v) is 8.75. The first-order chi connectivity index (χ1) is 17.0. The number of anilines is 1. The Balaban J connectivity index is 1.49. The van der Waals surface area contributed by atoms with Crippen LogP contribution in [0.3, 0.4) is 0 Å². The van der Waals surface area contributed by atoms with E-state index >= 15 is 0 Å². The number of para-hydroxylation sites is 1. The van der Waals surface area contributed by atoms with Gasteiger partial charge in [-0.2, -0.15) is 5.10 Å². The van der Waals surface area contributed by atoms with Crippen molar-refractivity contribution in [3.8, 4) is 5.75 Å². The van der Waals surface area contributed by atoms with Crippen molar-refractivity contribution in [3.63, 3.8) is 0 Å². The summed E-state index contributed by atoms with van der Waals surface area (Å²) in [6, 6.07) is 18.1. The van der Waals surface area contributed by atoms with E-state index in [0.29, 0.717) is 11.3 Å². The number of ketones is 1. The van der Waals surface area contributed by atoms with Crippen molar-refractivity contribution >= 4 is 29.5 Å². The quantitative estimate of drug-likeness (QED) is 0.431. The number of amides is 2. The van der Waals surface area contributed by atoms with Crippen molar-refractivity contribution < 1.29 is 23.5 Å². The van der Waals surface area contributed by atoms with Gasteiger partial charge in [-0.15, -0.1) is 0 Å². The van der Waals surface area contributed by atoms with Gasteiger partial charge in [0.15, 0.2) is 5.78 Å².